The summed E-state index contributed by atoms with van der Waals surface area (Å²) in [5, 5.41) is 15.7. The van der Waals surface area contributed by atoms with Gasteiger partial charge in [-0.25, -0.2) is 18.4 Å². The van der Waals surface area contributed by atoms with E-state index in [0.29, 0.717) is 5.75 Å². The summed E-state index contributed by atoms with van der Waals surface area (Å²) in [7, 11) is 0. The van der Waals surface area contributed by atoms with Gasteiger partial charge in [0.15, 0.2) is 0 Å². The van der Waals surface area contributed by atoms with E-state index in [1.54, 1.807) is 12.4 Å². The van der Waals surface area contributed by atoms with Crippen molar-refractivity contribution in [1.29, 1.82) is 0 Å². The van der Waals surface area contributed by atoms with E-state index in [9.17, 15) is 13.9 Å². The lowest BCUT2D eigenvalue weighted by atomic mass is 9.71. The van der Waals surface area contributed by atoms with E-state index in [0.717, 1.165) is 17.0 Å². The molecule has 0 amide bonds. The van der Waals surface area contributed by atoms with Gasteiger partial charge in [0.05, 0.1) is 6.54 Å². The van der Waals surface area contributed by atoms with Gasteiger partial charge in [-0.3, -0.25) is 4.98 Å². The van der Waals surface area contributed by atoms with Crippen LogP contribution >= 0.6 is 11.8 Å². The third-order valence-corrected chi connectivity index (χ3v) is 6.07. The number of hydrogen-bond acceptors (Lipinski definition) is 5. The summed E-state index contributed by atoms with van der Waals surface area (Å²) in [6, 6.07) is 6.97. The monoisotopic (exact) mass is 390 g/mol. The van der Waals surface area contributed by atoms with Crippen LogP contribution in [-0.2, 0) is 12.1 Å². The molecule has 0 saturated carbocycles. The van der Waals surface area contributed by atoms with Crippen molar-refractivity contribution in [3.63, 3.8) is 0 Å². The molecule has 0 bridgehead atoms. The van der Waals surface area contributed by atoms with Gasteiger partial charge in [0.25, 0.3) is 0 Å². The standard InChI is InChI=1S/C19H20F2N4OS/c1-18(2,11-27-15-5-7-22-8-6-15)19(26,10-25-13-23-12-24-25)16-4-3-14(20)9-17(16)21/h3-9,12-13,26H,10-11H2,1-2H3. The van der Waals surface area contributed by atoms with Gasteiger partial charge in [-0.15, -0.1) is 11.8 Å². The van der Waals surface area contributed by atoms with Gasteiger partial charge in [0.2, 0.25) is 0 Å². The molecule has 0 spiro atoms. The molecule has 8 heteroatoms. The van der Waals surface area contributed by atoms with Crippen LogP contribution in [0.25, 0.3) is 0 Å². The summed E-state index contributed by atoms with van der Waals surface area (Å²) in [6.07, 6.45) is 6.19. The van der Waals surface area contributed by atoms with Crippen LogP contribution in [0.1, 0.15) is 19.4 Å². The molecule has 1 aromatic carbocycles. The highest BCUT2D eigenvalue weighted by Crippen LogP contribution is 2.45. The first-order chi connectivity index (χ1) is 12.8. The molecule has 0 aliphatic rings. The number of nitrogens with zero attached hydrogens (tertiary/aromatic N) is 4. The van der Waals surface area contributed by atoms with Crippen LogP contribution in [0.2, 0.25) is 0 Å². The average molecular weight is 390 g/mol. The topological polar surface area (TPSA) is 63.8 Å². The fourth-order valence-corrected chi connectivity index (χ4v) is 3.94. The number of aliphatic hydroxyl groups is 1. The first-order valence-corrected chi connectivity index (χ1v) is 9.33. The maximum absolute atomic E-state index is 14.6. The maximum atomic E-state index is 14.6. The molecule has 1 atom stereocenters. The zero-order valence-electron chi connectivity index (χ0n) is 15.0. The molecule has 1 N–H and O–H groups in total. The normalized spacial score (nSPS) is 14.1. The van der Waals surface area contributed by atoms with Crippen molar-refractivity contribution in [3.8, 4) is 0 Å². The van der Waals surface area contributed by atoms with E-state index in [1.807, 2.05) is 26.0 Å². The van der Waals surface area contributed by atoms with Crippen LogP contribution in [0, 0.1) is 17.0 Å². The molecule has 0 aliphatic heterocycles. The molecule has 2 heterocycles. The van der Waals surface area contributed by atoms with Gasteiger partial charge in [0, 0.05) is 40.1 Å². The molecular weight excluding hydrogens is 370 g/mol. The third-order valence-electron chi connectivity index (χ3n) is 4.60. The Morgan fingerprint density at radius 3 is 2.48 bits per heavy atom. The second-order valence-electron chi connectivity index (χ2n) is 6.93. The number of rotatable bonds is 7. The highest BCUT2D eigenvalue weighted by molar-refractivity contribution is 7.99. The van der Waals surface area contributed by atoms with E-state index in [2.05, 4.69) is 15.1 Å². The molecular formula is C19H20F2N4OS. The van der Waals surface area contributed by atoms with E-state index in [4.69, 9.17) is 0 Å². The zero-order chi connectivity index (χ0) is 19.5. The van der Waals surface area contributed by atoms with E-state index < -0.39 is 22.7 Å². The van der Waals surface area contributed by atoms with Gasteiger partial charge in [-0.05, 0) is 18.2 Å². The Labute approximate surface area is 160 Å². The quantitative estimate of drug-likeness (QED) is 0.624. The van der Waals surface area contributed by atoms with Gasteiger partial charge in [-0.2, -0.15) is 5.10 Å². The molecule has 0 aliphatic carbocycles. The van der Waals surface area contributed by atoms with E-state index >= 15 is 0 Å². The predicted octanol–water partition coefficient (Wildman–Crippen LogP) is 3.66. The van der Waals surface area contributed by atoms with Crippen LogP contribution < -0.4 is 0 Å². The molecule has 0 saturated heterocycles. The Bertz CT molecular complexity index is 890. The predicted molar refractivity (Wildman–Crippen MR) is 99.0 cm³/mol. The number of thioether (sulfide) groups is 1. The number of pyridine rings is 1. The minimum absolute atomic E-state index is 0.0144. The first-order valence-electron chi connectivity index (χ1n) is 8.35. The van der Waals surface area contributed by atoms with E-state index in [-0.39, 0.29) is 12.1 Å². The number of halogens is 2. The third kappa shape index (κ3) is 4.17. The highest BCUT2D eigenvalue weighted by Gasteiger charge is 2.47. The summed E-state index contributed by atoms with van der Waals surface area (Å²) in [6.45, 7) is 3.68. The lowest BCUT2D eigenvalue weighted by Crippen LogP contribution is -2.47. The Kier molecular flexibility index (Phi) is 5.57. The molecule has 5 nitrogen and oxygen atoms in total. The smallest absolute Gasteiger partial charge is 0.137 e. The molecule has 0 radical (unpaired) electrons. The molecule has 2 aromatic heterocycles. The second-order valence-corrected chi connectivity index (χ2v) is 7.98. The van der Waals surface area contributed by atoms with Crippen LogP contribution in [0.15, 0.2) is 60.3 Å². The summed E-state index contributed by atoms with van der Waals surface area (Å²) >= 11 is 1.53. The van der Waals surface area contributed by atoms with Crippen LogP contribution in [-0.4, -0.2) is 30.6 Å². The maximum Gasteiger partial charge on any atom is 0.137 e. The number of aromatic nitrogens is 4. The van der Waals surface area contributed by atoms with Gasteiger partial charge in [0.1, 0.15) is 29.9 Å². The van der Waals surface area contributed by atoms with Crippen LogP contribution in [0.4, 0.5) is 8.78 Å². The van der Waals surface area contributed by atoms with Crippen molar-refractivity contribution < 1.29 is 13.9 Å². The zero-order valence-corrected chi connectivity index (χ0v) is 15.8. The van der Waals surface area contributed by atoms with E-state index in [1.165, 1.54) is 35.2 Å². The van der Waals surface area contributed by atoms with Crippen LogP contribution in [0.5, 0.6) is 0 Å². The molecule has 3 aromatic rings. The molecule has 0 fully saturated rings. The van der Waals surface area contributed by atoms with Crippen molar-refractivity contribution in [2.24, 2.45) is 5.41 Å². The minimum atomic E-state index is -1.64. The Hall–Kier alpha value is -2.32. The lowest BCUT2D eigenvalue weighted by molar-refractivity contribution is -0.0804. The summed E-state index contributed by atoms with van der Waals surface area (Å²) in [4.78, 5) is 8.86. The van der Waals surface area contributed by atoms with Crippen molar-refractivity contribution in [2.75, 3.05) is 5.75 Å². The SMILES string of the molecule is CC(C)(CSc1ccncc1)C(O)(Cn1cncn1)c1ccc(F)cc1F. The van der Waals surface area contributed by atoms with Gasteiger partial charge < -0.3 is 5.11 Å². The minimum Gasteiger partial charge on any atom is -0.383 e. The summed E-state index contributed by atoms with van der Waals surface area (Å²) < 4.78 is 29.5. The molecule has 3 rings (SSSR count). The summed E-state index contributed by atoms with van der Waals surface area (Å²) in [5.41, 5.74) is -2.40. The molecule has 27 heavy (non-hydrogen) atoms. The number of benzene rings is 1. The largest absolute Gasteiger partial charge is 0.383 e. The van der Waals surface area contributed by atoms with Crippen LogP contribution in [0.3, 0.4) is 0 Å². The molecule has 1 unspecified atom stereocenters. The lowest BCUT2D eigenvalue weighted by Gasteiger charge is -2.43. The number of hydrogen-bond donors (Lipinski definition) is 1. The van der Waals surface area contributed by atoms with Crippen molar-refractivity contribution in [2.45, 2.75) is 30.9 Å². The van der Waals surface area contributed by atoms with Crippen molar-refractivity contribution in [1.82, 2.24) is 19.7 Å². The van der Waals surface area contributed by atoms with Gasteiger partial charge in [-0.1, -0.05) is 19.9 Å². The van der Waals surface area contributed by atoms with Crippen molar-refractivity contribution in [3.05, 3.63) is 72.6 Å². The Morgan fingerprint density at radius 1 is 1.11 bits per heavy atom. The Balaban J connectivity index is 1.97. The second kappa shape index (κ2) is 7.74. The fraction of sp³-hybridized carbons (Fsp3) is 0.316. The fourth-order valence-electron chi connectivity index (χ4n) is 2.86. The first kappa shape index (κ1) is 19.4. The molecule has 142 valence electrons. The average Bonchev–Trinajstić information content (AvgIpc) is 3.13. The summed E-state index contributed by atoms with van der Waals surface area (Å²) in [5.74, 6) is -0.998. The highest BCUT2D eigenvalue weighted by atomic mass is 32.2. The van der Waals surface area contributed by atoms with Gasteiger partial charge >= 0.3 is 0 Å². The van der Waals surface area contributed by atoms with Crippen molar-refractivity contribution >= 4 is 11.8 Å². The Morgan fingerprint density at radius 2 is 1.85 bits per heavy atom.